The van der Waals surface area contributed by atoms with Crippen LogP contribution in [0.5, 0.6) is 0 Å². The predicted molar refractivity (Wildman–Crippen MR) is 101 cm³/mol. The monoisotopic (exact) mass is 322 g/mol. The first-order chi connectivity index (χ1) is 11.3. The van der Waals surface area contributed by atoms with Gasteiger partial charge in [0, 0.05) is 18.1 Å². The van der Waals surface area contributed by atoms with Crippen LogP contribution < -0.4 is 0 Å². The van der Waals surface area contributed by atoms with Gasteiger partial charge in [0.05, 0.1) is 0 Å². The summed E-state index contributed by atoms with van der Waals surface area (Å²) >= 11 is 0. The normalized spacial score (nSPS) is 11.5. The Bertz CT molecular complexity index is 906. The number of furan rings is 1. The molecule has 0 unspecified atom stereocenters. The molecule has 0 fully saturated rings. The Morgan fingerprint density at radius 1 is 0.792 bits per heavy atom. The minimum atomic E-state index is 0.481. The molecule has 0 aliphatic carbocycles. The van der Waals surface area contributed by atoms with E-state index in [0.717, 1.165) is 11.3 Å². The molecule has 3 aromatic rings. The van der Waals surface area contributed by atoms with Gasteiger partial charge in [0.2, 0.25) is 0 Å². The van der Waals surface area contributed by atoms with Gasteiger partial charge in [-0.1, -0.05) is 23.8 Å². The number of rotatable bonds is 3. The zero-order valence-corrected chi connectivity index (χ0v) is 15.8. The third-order valence-electron chi connectivity index (χ3n) is 4.94. The van der Waals surface area contributed by atoms with Crippen molar-refractivity contribution >= 4 is 11.0 Å². The molecule has 0 atom stereocenters. The van der Waals surface area contributed by atoms with Crippen molar-refractivity contribution in [1.82, 2.24) is 0 Å². The first-order valence-electron chi connectivity index (χ1n) is 8.44. The van der Waals surface area contributed by atoms with Crippen LogP contribution in [0, 0.1) is 41.5 Å². The average Bonchev–Trinajstić information content (AvgIpc) is 2.84. The summed E-state index contributed by atoms with van der Waals surface area (Å²) in [6, 6.07) is 6.74. The van der Waals surface area contributed by atoms with Crippen molar-refractivity contribution in [3.8, 4) is 11.1 Å². The minimum absolute atomic E-state index is 0.481. The van der Waals surface area contributed by atoms with Crippen LogP contribution in [0.1, 0.15) is 39.1 Å². The van der Waals surface area contributed by atoms with Gasteiger partial charge in [0.1, 0.15) is 18.0 Å². The predicted octanol–water partition coefficient (Wildman–Crippen LogP) is 6.10. The molecule has 2 nitrogen and oxygen atoms in total. The van der Waals surface area contributed by atoms with Gasteiger partial charge in [-0.05, 0) is 74.9 Å². The van der Waals surface area contributed by atoms with Crippen LogP contribution in [0.3, 0.4) is 0 Å². The molecule has 0 saturated carbocycles. The highest BCUT2D eigenvalue weighted by molar-refractivity contribution is 6.01. The fraction of sp³-hybridized carbons (Fsp3) is 0.364. The first kappa shape index (κ1) is 16.8. The topological polar surface area (TPSA) is 22.4 Å². The Hall–Kier alpha value is -2.06. The molecule has 1 heterocycles. The molecular formula is C22H26O2. The van der Waals surface area contributed by atoms with Crippen LogP contribution >= 0.6 is 0 Å². The highest BCUT2D eigenvalue weighted by atomic mass is 16.5. The van der Waals surface area contributed by atoms with Crippen molar-refractivity contribution in [3.05, 3.63) is 57.3 Å². The molecule has 1 aromatic heterocycles. The lowest BCUT2D eigenvalue weighted by molar-refractivity contribution is 0.166. The Kier molecular flexibility index (Phi) is 4.27. The fourth-order valence-corrected chi connectivity index (χ4v) is 3.87. The molecule has 3 rings (SSSR count). The summed E-state index contributed by atoms with van der Waals surface area (Å²) in [5, 5.41) is 1.22. The zero-order valence-electron chi connectivity index (χ0n) is 15.8. The summed E-state index contributed by atoms with van der Waals surface area (Å²) in [6.45, 7) is 13.4. The standard InChI is InChI=1S/C22H26O2/c1-12-8-14(3)19(15(4)9-12)21-18(11-23-7)24-22-17(6)13(2)10-16(5)20(21)22/h8-10H,11H2,1-7H3. The highest BCUT2D eigenvalue weighted by Gasteiger charge is 2.22. The molecule has 0 amide bonds. The van der Waals surface area contributed by atoms with Crippen LogP contribution in [0.4, 0.5) is 0 Å². The van der Waals surface area contributed by atoms with E-state index >= 15 is 0 Å². The lowest BCUT2D eigenvalue weighted by Crippen LogP contribution is -1.95. The Morgan fingerprint density at radius 2 is 1.42 bits per heavy atom. The van der Waals surface area contributed by atoms with E-state index in [1.807, 2.05) is 0 Å². The second-order valence-electron chi connectivity index (χ2n) is 6.95. The van der Waals surface area contributed by atoms with E-state index in [1.165, 1.54) is 49.9 Å². The van der Waals surface area contributed by atoms with Gasteiger partial charge in [-0.15, -0.1) is 0 Å². The van der Waals surface area contributed by atoms with Crippen LogP contribution in [-0.4, -0.2) is 7.11 Å². The highest BCUT2D eigenvalue weighted by Crippen LogP contribution is 2.42. The van der Waals surface area contributed by atoms with Crippen LogP contribution in [0.25, 0.3) is 22.1 Å². The molecule has 126 valence electrons. The number of fused-ring (bicyclic) bond motifs is 1. The molecule has 0 aliphatic rings. The van der Waals surface area contributed by atoms with E-state index in [9.17, 15) is 0 Å². The van der Waals surface area contributed by atoms with Gasteiger partial charge >= 0.3 is 0 Å². The number of hydrogen-bond donors (Lipinski definition) is 0. The van der Waals surface area contributed by atoms with Gasteiger partial charge in [-0.25, -0.2) is 0 Å². The second-order valence-corrected chi connectivity index (χ2v) is 6.95. The molecule has 2 heteroatoms. The molecule has 0 saturated heterocycles. The van der Waals surface area contributed by atoms with Gasteiger partial charge < -0.3 is 9.15 Å². The van der Waals surface area contributed by atoms with E-state index in [0.29, 0.717) is 6.61 Å². The smallest absolute Gasteiger partial charge is 0.138 e. The van der Waals surface area contributed by atoms with Crippen molar-refractivity contribution in [2.75, 3.05) is 7.11 Å². The molecule has 0 bridgehead atoms. The summed E-state index contributed by atoms with van der Waals surface area (Å²) in [5.41, 5.74) is 11.1. The maximum Gasteiger partial charge on any atom is 0.138 e. The number of methoxy groups -OCH3 is 1. The summed E-state index contributed by atoms with van der Waals surface area (Å²) in [4.78, 5) is 0. The van der Waals surface area contributed by atoms with Crippen LogP contribution in [-0.2, 0) is 11.3 Å². The van der Waals surface area contributed by atoms with Crippen LogP contribution in [0.2, 0.25) is 0 Å². The third-order valence-corrected chi connectivity index (χ3v) is 4.94. The SMILES string of the molecule is COCc1oc2c(C)c(C)cc(C)c2c1-c1c(C)cc(C)cc1C. The Labute approximate surface area is 144 Å². The number of benzene rings is 2. The molecule has 0 radical (unpaired) electrons. The number of hydrogen-bond acceptors (Lipinski definition) is 2. The minimum Gasteiger partial charge on any atom is -0.458 e. The Balaban J connectivity index is 2.47. The number of ether oxygens (including phenoxy) is 1. The average molecular weight is 322 g/mol. The van der Waals surface area contributed by atoms with E-state index < -0.39 is 0 Å². The molecule has 2 aromatic carbocycles. The van der Waals surface area contributed by atoms with E-state index in [-0.39, 0.29) is 0 Å². The Morgan fingerprint density at radius 3 is 2.00 bits per heavy atom. The summed E-state index contributed by atoms with van der Waals surface area (Å²) < 4.78 is 11.7. The lowest BCUT2D eigenvalue weighted by Gasteiger charge is -2.13. The maximum atomic E-state index is 6.30. The fourth-order valence-electron chi connectivity index (χ4n) is 3.87. The van der Waals surface area contributed by atoms with Crippen molar-refractivity contribution in [3.63, 3.8) is 0 Å². The van der Waals surface area contributed by atoms with Crippen molar-refractivity contribution in [2.45, 2.75) is 48.1 Å². The van der Waals surface area contributed by atoms with Crippen LogP contribution in [0.15, 0.2) is 22.6 Å². The lowest BCUT2D eigenvalue weighted by atomic mass is 9.89. The van der Waals surface area contributed by atoms with E-state index in [4.69, 9.17) is 9.15 Å². The third kappa shape index (κ3) is 2.55. The van der Waals surface area contributed by atoms with Crippen molar-refractivity contribution in [1.29, 1.82) is 0 Å². The number of aryl methyl sites for hydroxylation is 6. The molecular weight excluding hydrogens is 296 g/mol. The van der Waals surface area contributed by atoms with Crippen molar-refractivity contribution in [2.24, 2.45) is 0 Å². The first-order valence-corrected chi connectivity index (χ1v) is 8.44. The summed E-state index contributed by atoms with van der Waals surface area (Å²) in [5.74, 6) is 0.916. The molecule has 24 heavy (non-hydrogen) atoms. The van der Waals surface area contributed by atoms with Gasteiger partial charge in [-0.2, -0.15) is 0 Å². The maximum absolute atomic E-state index is 6.30. The molecule has 0 spiro atoms. The van der Waals surface area contributed by atoms with E-state index in [2.05, 4.69) is 59.7 Å². The largest absolute Gasteiger partial charge is 0.458 e. The molecule has 0 aliphatic heterocycles. The van der Waals surface area contributed by atoms with E-state index in [1.54, 1.807) is 7.11 Å². The van der Waals surface area contributed by atoms with Gasteiger partial charge in [0.25, 0.3) is 0 Å². The quantitative estimate of drug-likeness (QED) is 0.581. The molecule has 0 N–H and O–H groups in total. The zero-order chi connectivity index (χ0) is 17.6. The van der Waals surface area contributed by atoms with Crippen molar-refractivity contribution < 1.29 is 9.15 Å². The summed E-state index contributed by atoms with van der Waals surface area (Å²) in [7, 11) is 1.72. The second kappa shape index (κ2) is 6.10. The van der Waals surface area contributed by atoms with Gasteiger partial charge in [-0.3, -0.25) is 0 Å². The summed E-state index contributed by atoms with van der Waals surface area (Å²) in [6.07, 6.45) is 0. The van der Waals surface area contributed by atoms with Gasteiger partial charge in [0.15, 0.2) is 0 Å².